The van der Waals surface area contributed by atoms with Crippen LogP contribution in [0.2, 0.25) is 0 Å². The van der Waals surface area contributed by atoms with Crippen LogP contribution in [0.25, 0.3) is 0 Å². The molecule has 1 aromatic heterocycles. The Morgan fingerprint density at radius 3 is 2.79 bits per heavy atom. The van der Waals surface area contributed by atoms with Crippen LogP contribution in [-0.2, 0) is 4.79 Å². The summed E-state index contributed by atoms with van der Waals surface area (Å²) in [6.07, 6.45) is 1.83. The number of aromatic carboxylic acids is 1. The average molecular weight is 267 g/mol. The van der Waals surface area contributed by atoms with Gasteiger partial charge in [-0.1, -0.05) is 12.1 Å². The van der Waals surface area contributed by atoms with Crippen molar-refractivity contribution >= 4 is 11.9 Å². The Morgan fingerprint density at radius 2 is 2.26 bits per heavy atom. The molecule has 0 aromatic carbocycles. The first-order chi connectivity index (χ1) is 9.01. The molecular formula is C11H17N5O3. The van der Waals surface area contributed by atoms with E-state index in [1.54, 1.807) is 4.90 Å². The van der Waals surface area contributed by atoms with Crippen molar-refractivity contribution in [2.75, 3.05) is 19.6 Å². The monoisotopic (exact) mass is 267 g/mol. The zero-order valence-electron chi connectivity index (χ0n) is 10.7. The SMILES string of the molecule is CC(CN)CC(=O)N1CC(n2cc(C(=O)O)nn2)C1. The predicted octanol–water partition coefficient (Wildman–Crippen LogP) is -0.655. The topological polar surface area (TPSA) is 114 Å². The van der Waals surface area contributed by atoms with E-state index in [0.29, 0.717) is 26.1 Å². The second-order valence-electron chi connectivity index (χ2n) is 4.89. The quantitative estimate of drug-likeness (QED) is 0.732. The summed E-state index contributed by atoms with van der Waals surface area (Å²) in [6.45, 7) is 3.51. The number of likely N-dealkylation sites (tertiary alicyclic amines) is 1. The number of nitrogens with zero attached hydrogens (tertiary/aromatic N) is 4. The van der Waals surface area contributed by atoms with Crippen LogP contribution >= 0.6 is 0 Å². The van der Waals surface area contributed by atoms with Crippen molar-refractivity contribution in [2.24, 2.45) is 11.7 Å². The van der Waals surface area contributed by atoms with Crippen molar-refractivity contribution in [3.63, 3.8) is 0 Å². The molecule has 8 heteroatoms. The lowest BCUT2D eigenvalue weighted by Crippen LogP contribution is -2.51. The zero-order chi connectivity index (χ0) is 14.0. The molecule has 1 saturated heterocycles. The molecule has 0 spiro atoms. The van der Waals surface area contributed by atoms with Gasteiger partial charge < -0.3 is 15.7 Å². The number of aromatic nitrogens is 3. The fourth-order valence-corrected chi connectivity index (χ4v) is 1.89. The van der Waals surface area contributed by atoms with Gasteiger partial charge in [0.1, 0.15) is 0 Å². The zero-order valence-corrected chi connectivity index (χ0v) is 10.7. The van der Waals surface area contributed by atoms with Crippen LogP contribution < -0.4 is 5.73 Å². The first kappa shape index (κ1) is 13.5. The lowest BCUT2D eigenvalue weighted by atomic mass is 10.0. The summed E-state index contributed by atoms with van der Waals surface area (Å²) < 4.78 is 1.50. The second kappa shape index (κ2) is 5.35. The summed E-state index contributed by atoms with van der Waals surface area (Å²) in [4.78, 5) is 24.2. The van der Waals surface area contributed by atoms with Crippen molar-refractivity contribution in [2.45, 2.75) is 19.4 Å². The molecule has 1 aliphatic heterocycles. The van der Waals surface area contributed by atoms with Crippen molar-refractivity contribution < 1.29 is 14.7 Å². The Hall–Kier alpha value is -1.96. The number of nitrogens with two attached hydrogens (primary N) is 1. The van der Waals surface area contributed by atoms with Gasteiger partial charge >= 0.3 is 5.97 Å². The van der Waals surface area contributed by atoms with E-state index in [9.17, 15) is 9.59 Å². The third kappa shape index (κ3) is 2.90. The van der Waals surface area contributed by atoms with Gasteiger partial charge in [0.05, 0.1) is 12.2 Å². The molecule has 1 fully saturated rings. The highest BCUT2D eigenvalue weighted by Crippen LogP contribution is 2.22. The maximum Gasteiger partial charge on any atom is 0.358 e. The number of carboxylic acid groups (broad SMARTS) is 1. The van der Waals surface area contributed by atoms with Crippen LogP contribution in [-0.4, -0.2) is 56.5 Å². The molecule has 1 aliphatic rings. The minimum absolute atomic E-state index is 0.0118. The lowest BCUT2D eigenvalue weighted by Gasteiger charge is -2.39. The minimum atomic E-state index is -1.10. The van der Waals surface area contributed by atoms with Gasteiger partial charge in [0.25, 0.3) is 0 Å². The van der Waals surface area contributed by atoms with Crippen LogP contribution in [0.5, 0.6) is 0 Å². The van der Waals surface area contributed by atoms with Crippen LogP contribution in [0, 0.1) is 5.92 Å². The van der Waals surface area contributed by atoms with Crippen LogP contribution in [0.4, 0.5) is 0 Å². The first-order valence-electron chi connectivity index (χ1n) is 6.14. The van der Waals surface area contributed by atoms with E-state index in [0.717, 1.165) is 0 Å². The number of carbonyl (C=O) groups is 2. The molecule has 104 valence electrons. The van der Waals surface area contributed by atoms with Gasteiger partial charge in [-0.3, -0.25) is 4.79 Å². The summed E-state index contributed by atoms with van der Waals surface area (Å²) in [5.74, 6) is -0.848. The fraction of sp³-hybridized carbons (Fsp3) is 0.636. The third-order valence-corrected chi connectivity index (χ3v) is 3.24. The van der Waals surface area contributed by atoms with Gasteiger partial charge in [-0.15, -0.1) is 5.10 Å². The second-order valence-corrected chi connectivity index (χ2v) is 4.89. The highest BCUT2D eigenvalue weighted by molar-refractivity contribution is 5.84. The standard InChI is InChI=1S/C11H17N5O3/c1-7(3-12)2-10(17)15-4-8(5-15)16-6-9(11(18)19)13-14-16/h6-8H,2-5,12H2,1H3,(H,18,19). The minimum Gasteiger partial charge on any atom is -0.476 e. The lowest BCUT2D eigenvalue weighted by molar-refractivity contribution is -0.138. The molecule has 8 nitrogen and oxygen atoms in total. The Balaban J connectivity index is 1.85. The van der Waals surface area contributed by atoms with E-state index in [4.69, 9.17) is 10.8 Å². The maximum atomic E-state index is 11.8. The van der Waals surface area contributed by atoms with Crippen LogP contribution in [0.15, 0.2) is 6.20 Å². The normalized spacial score (nSPS) is 17.1. The van der Waals surface area contributed by atoms with E-state index in [1.165, 1.54) is 10.9 Å². The van der Waals surface area contributed by atoms with Gasteiger partial charge in [-0.25, -0.2) is 9.48 Å². The summed E-state index contributed by atoms with van der Waals surface area (Å²) in [6, 6.07) is 0.0118. The van der Waals surface area contributed by atoms with Crippen LogP contribution in [0.3, 0.4) is 0 Å². The Labute approximate surface area is 110 Å². The smallest absolute Gasteiger partial charge is 0.358 e. The van der Waals surface area contributed by atoms with Gasteiger partial charge in [0, 0.05) is 19.5 Å². The van der Waals surface area contributed by atoms with E-state index in [-0.39, 0.29) is 23.6 Å². The highest BCUT2D eigenvalue weighted by Gasteiger charge is 2.33. The van der Waals surface area contributed by atoms with E-state index < -0.39 is 5.97 Å². The molecule has 0 radical (unpaired) electrons. The molecule has 1 unspecified atom stereocenters. The predicted molar refractivity (Wildman–Crippen MR) is 65.4 cm³/mol. The van der Waals surface area contributed by atoms with Crippen LogP contribution in [0.1, 0.15) is 29.9 Å². The largest absolute Gasteiger partial charge is 0.476 e. The van der Waals surface area contributed by atoms with Crippen molar-refractivity contribution in [1.29, 1.82) is 0 Å². The summed E-state index contributed by atoms with van der Waals surface area (Å²) in [5, 5.41) is 16.0. The van der Waals surface area contributed by atoms with Crippen molar-refractivity contribution in [3.8, 4) is 0 Å². The van der Waals surface area contributed by atoms with E-state index in [1.807, 2.05) is 6.92 Å². The third-order valence-electron chi connectivity index (χ3n) is 3.24. The summed E-state index contributed by atoms with van der Waals surface area (Å²) in [7, 11) is 0. The molecule has 0 bridgehead atoms. The van der Waals surface area contributed by atoms with Crippen molar-refractivity contribution in [3.05, 3.63) is 11.9 Å². The highest BCUT2D eigenvalue weighted by atomic mass is 16.4. The first-order valence-corrected chi connectivity index (χ1v) is 6.14. The molecule has 3 N–H and O–H groups in total. The summed E-state index contributed by atoms with van der Waals surface area (Å²) in [5.41, 5.74) is 5.40. The number of amides is 1. The Morgan fingerprint density at radius 1 is 1.58 bits per heavy atom. The van der Waals surface area contributed by atoms with Gasteiger partial charge in [-0.05, 0) is 12.5 Å². The molecule has 2 heterocycles. The number of hydrogen-bond acceptors (Lipinski definition) is 5. The van der Waals surface area contributed by atoms with Gasteiger partial charge in [-0.2, -0.15) is 0 Å². The van der Waals surface area contributed by atoms with E-state index in [2.05, 4.69) is 10.3 Å². The number of carboxylic acids is 1. The molecule has 1 atom stereocenters. The molecule has 19 heavy (non-hydrogen) atoms. The number of rotatable bonds is 5. The molecule has 1 amide bonds. The van der Waals surface area contributed by atoms with Gasteiger partial charge in [0.15, 0.2) is 5.69 Å². The summed E-state index contributed by atoms with van der Waals surface area (Å²) >= 11 is 0. The maximum absolute atomic E-state index is 11.8. The molecule has 0 saturated carbocycles. The molecule has 1 aromatic rings. The Bertz CT molecular complexity index is 480. The molecule has 0 aliphatic carbocycles. The fourth-order valence-electron chi connectivity index (χ4n) is 1.89. The number of carbonyl (C=O) groups excluding carboxylic acids is 1. The molecular weight excluding hydrogens is 250 g/mol. The average Bonchev–Trinajstić information content (AvgIpc) is 2.76. The number of hydrogen-bond donors (Lipinski definition) is 2. The van der Waals surface area contributed by atoms with Crippen molar-refractivity contribution in [1.82, 2.24) is 19.9 Å². The Kier molecular flexibility index (Phi) is 3.79. The van der Waals surface area contributed by atoms with E-state index >= 15 is 0 Å². The molecule has 2 rings (SSSR count). The van der Waals surface area contributed by atoms with Gasteiger partial charge in [0.2, 0.25) is 5.91 Å².